The minimum atomic E-state index is -1.14. The standard InChI is InChI=1S/C22H20Cl2FNO5/c23-14-1-2-19(17(24)9-14)31-12-22(29)3-5-26(6-4-22)21(28)16-8-13-7-15(27)11-30-20(13)10-18(16)25/h1-2,8-10,29H,3-7,11-12H2. The van der Waals surface area contributed by atoms with E-state index in [1.54, 1.807) is 18.2 Å². The van der Waals surface area contributed by atoms with E-state index in [4.69, 9.17) is 32.7 Å². The molecule has 4 rings (SSSR count). The lowest BCUT2D eigenvalue weighted by Crippen LogP contribution is -2.49. The van der Waals surface area contributed by atoms with E-state index in [1.165, 1.54) is 11.0 Å². The fourth-order valence-corrected chi connectivity index (χ4v) is 4.17. The Morgan fingerprint density at radius 2 is 1.97 bits per heavy atom. The molecule has 0 spiro atoms. The first-order valence-corrected chi connectivity index (χ1v) is 10.6. The smallest absolute Gasteiger partial charge is 0.256 e. The number of ether oxygens (including phenoxy) is 2. The van der Waals surface area contributed by atoms with Gasteiger partial charge in [-0.3, -0.25) is 9.59 Å². The van der Waals surface area contributed by atoms with Crippen LogP contribution in [-0.4, -0.2) is 53.6 Å². The van der Waals surface area contributed by atoms with E-state index in [9.17, 15) is 19.1 Å². The van der Waals surface area contributed by atoms with E-state index in [1.807, 2.05) is 0 Å². The number of benzene rings is 2. The summed E-state index contributed by atoms with van der Waals surface area (Å²) in [5, 5.41) is 11.7. The Bertz CT molecular complexity index is 1040. The first kappa shape index (κ1) is 21.9. The summed E-state index contributed by atoms with van der Waals surface area (Å²) in [6.45, 7) is 0.384. The van der Waals surface area contributed by atoms with Gasteiger partial charge in [0.25, 0.3) is 5.91 Å². The Morgan fingerprint density at radius 1 is 1.23 bits per heavy atom. The van der Waals surface area contributed by atoms with Crippen LogP contribution in [0.3, 0.4) is 0 Å². The van der Waals surface area contributed by atoms with Crippen LogP contribution in [0.5, 0.6) is 11.5 Å². The zero-order valence-electron chi connectivity index (χ0n) is 16.5. The van der Waals surface area contributed by atoms with Crippen molar-refractivity contribution in [2.24, 2.45) is 0 Å². The van der Waals surface area contributed by atoms with Crippen LogP contribution in [0.1, 0.15) is 28.8 Å². The van der Waals surface area contributed by atoms with Gasteiger partial charge in [0.1, 0.15) is 36.1 Å². The molecule has 2 aliphatic heterocycles. The number of fused-ring (bicyclic) bond motifs is 1. The summed E-state index contributed by atoms with van der Waals surface area (Å²) in [6, 6.07) is 7.35. The third-order valence-electron chi connectivity index (χ3n) is 5.53. The molecular weight excluding hydrogens is 448 g/mol. The molecule has 0 aromatic heterocycles. The number of nitrogens with zero attached hydrogens (tertiary/aromatic N) is 1. The number of hydrogen-bond acceptors (Lipinski definition) is 5. The predicted molar refractivity (Wildman–Crippen MR) is 113 cm³/mol. The zero-order valence-corrected chi connectivity index (χ0v) is 18.0. The molecule has 1 amide bonds. The molecule has 0 radical (unpaired) electrons. The number of piperidine rings is 1. The zero-order chi connectivity index (χ0) is 22.2. The molecule has 2 aromatic rings. The number of carbonyl (C=O) groups is 2. The number of likely N-dealkylation sites (tertiary alicyclic amines) is 1. The average Bonchev–Trinajstić information content (AvgIpc) is 2.73. The summed E-state index contributed by atoms with van der Waals surface area (Å²) in [5.74, 6) is -0.603. The quantitative estimate of drug-likeness (QED) is 0.741. The van der Waals surface area contributed by atoms with Crippen LogP contribution >= 0.6 is 23.2 Å². The maximum absolute atomic E-state index is 14.5. The Labute approximate surface area is 188 Å². The lowest BCUT2D eigenvalue weighted by molar-refractivity contribution is -0.121. The molecule has 1 fully saturated rings. The number of aliphatic hydroxyl groups is 1. The Morgan fingerprint density at radius 3 is 2.68 bits per heavy atom. The molecule has 1 saturated heterocycles. The van der Waals surface area contributed by atoms with Gasteiger partial charge in [-0.25, -0.2) is 4.39 Å². The molecule has 2 aliphatic rings. The topological polar surface area (TPSA) is 76.1 Å². The van der Waals surface area contributed by atoms with Crippen LogP contribution < -0.4 is 9.47 Å². The fraction of sp³-hybridized carbons (Fsp3) is 0.364. The summed E-state index contributed by atoms with van der Waals surface area (Å²) < 4.78 is 25.4. The first-order valence-electron chi connectivity index (χ1n) is 9.80. The number of hydrogen-bond donors (Lipinski definition) is 1. The maximum Gasteiger partial charge on any atom is 0.256 e. The Kier molecular flexibility index (Phi) is 6.10. The highest BCUT2D eigenvalue weighted by Crippen LogP contribution is 2.31. The normalized spacial score (nSPS) is 17.7. The predicted octanol–water partition coefficient (Wildman–Crippen LogP) is 3.68. The summed E-state index contributed by atoms with van der Waals surface area (Å²) in [6.07, 6.45) is 0.635. The summed E-state index contributed by atoms with van der Waals surface area (Å²) in [7, 11) is 0. The van der Waals surface area contributed by atoms with Gasteiger partial charge in [0.15, 0.2) is 5.78 Å². The lowest BCUT2D eigenvalue weighted by atomic mass is 9.91. The van der Waals surface area contributed by atoms with Crippen molar-refractivity contribution in [2.75, 3.05) is 26.3 Å². The average molecular weight is 468 g/mol. The molecule has 1 N–H and O–H groups in total. The third kappa shape index (κ3) is 4.79. The van der Waals surface area contributed by atoms with Gasteiger partial charge in [-0.2, -0.15) is 0 Å². The van der Waals surface area contributed by atoms with Crippen LogP contribution in [0.2, 0.25) is 10.0 Å². The maximum atomic E-state index is 14.5. The van der Waals surface area contributed by atoms with Crippen molar-refractivity contribution >= 4 is 34.9 Å². The monoisotopic (exact) mass is 467 g/mol. The van der Waals surface area contributed by atoms with E-state index in [0.29, 0.717) is 27.1 Å². The van der Waals surface area contributed by atoms with Crippen molar-refractivity contribution in [1.82, 2.24) is 4.90 Å². The highest BCUT2D eigenvalue weighted by atomic mass is 35.5. The highest BCUT2D eigenvalue weighted by Gasteiger charge is 2.36. The van der Waals surface area contributed by atoms with E-state index in [2.05, 4.69) is 0 Å². The van der Waals surface area contributed by atoms with Crippen LogP contribution in [0.25, 0.3) is 0 Å². The first-order chi connectivity index (χ1) is 14.7. The molecule has 9 heteroatoms. The minimum absolute atomic E-state index is 0.00302. The van der Waals surface area contributed by atoms with Gasteiger partial charge in [-0.15, -0.1) is 0 Å². The molecular formula is C22H20Cl2FNO5. The van der Waals surface area contributed by atoms with Gasteiger partial charge in [0.2, 0.25) is 0 Å². The second kappa shape index (κ2) is 8.65. The molecule has 0 bridgehead atoms. The summed E-state index contributed by atoms with van der Waals surface area (Å²) >= 11 is 12.0. The van der Waals surface area contributed by atoms with Crippen molar-refractivity contribution in [3.05, 3.63) is 57.3 Å². The van der Waals surface area contributed by atoms with Crippen molar-refractivity contribution in [1.29, 1.82) is 0 Å². The van der Waals surface area contributed by atoms with E-state index in [-0.39, 0.29) is 56.9 Å². The largest absolute Gasteiger partial charge is 0.489 e. The number of halogens is 3. The van der Waals surface area contributed by atoms with Gasteiger partial charge >= 0.3 is 0 Å². The molecule has 31 heavy (non-hydrogen) atoms. The second-order valence-corrected chi connectivity index (χ2v) is 8.67. The van der Waals surface area contributed by atoms with E-state index >= 15 is 0 Å². The number of Topliss-reactive ketones (excluding diaryl/α,β-unsaturated/α-hetero) is 1. The van der Waals surface area contributed by atoms with Crippen LogP contribution in [0, 0.1) is 5.82 Å². The fourth-order valence-electron chi connectivity index (χ4n) is 3.70. The molecule has 0 saturated carbocycles. The number of ketones is 1. The molecule has 6 nitrogen and oxygen atoms in total. The second-order valence-electron chi connectivity index (χ2n) is 7.82. The highest BCUT2D eigenvalue weighted by molar-refractivity contribution is 6.35. The number of amides is 1. The molecule has 2 aromatic carbocycles. The van der Waals surface area contributed by atoms with Gasteiger partial charge in [-0.1, -0.05) is 23.2 Å². The summed E-state index contributed by atoms with van der Waals surface area (Å²) in [4.78, 5) is 26.0. The van der Waals surface area contributed by atoms with Gasteiger partial charge in [-0.05, 0) is 37.1 Å². The molecule has 0 aliphatic carbocycles. The number of rotatable bonds is 4. The lowest BCUT2D eigenvalue weighted by Gasteiger charge is -2.38. The molecule has 164 valence electrons. The van der Waals surface area contributed by atoms with Gasteiger partial charge < -0.3 is 19.5 Å². The SMILES string of the molecule is O=C1COc2cc(F)c(C(=O)N3CCC(O)(COc4ccc(Cl)cc4Cl)CC3)cc2C1. The molecule has 0 unspecified atom stereocenters. The number of carbonyl (C=O) groups excluding carboxylic acids is 2. The van der Waals surface area contributed by atoms with Crippen LogP contribution in [0.4, 0.5) is 4.39 Å². The van der Waals surface area contributed by atoms with Crippen molar-refractivity contribution in [3.63, 3.8) is 0 Å². The van der Waals surface area contributed by atoms with Crippen molar-refractivity contribution in [2.45, 2.75) is 24.9 Å². The molecule has 0 atom stereocenters. The van der Waals surface area contributed by atoms with Crippen LogP contribution in [0.15, 0.2) is 30.3 Å². The van der Waals surface area contributed by atoms with Gasteiger partial charge in [0, 0.05) is 36.2 Å². The van der Waals surface area contributed by atoms with Crippen molar-refractivity contribution < 1.29 is 28.6 Å². The van der Waals surface area contributed by atoms with E-state index in [0.717, 1.165) is 6.07 Å². The minimum Gasteiger partial charge on any atom is -0.489 e. The van der Waals surface area contributed by atoms with E-state index < -0.39 is 17.3 Å². The summed E-state index contributed by atoms with van der Waals surface area (Å²) in [5.41, 5.74) is -0.747. The Balaban J connectivity index is 1.39. The van der Waals surface area contributed by atoms with Crippen LogP contribution in [-0.2, 0) is 11.2 Å². The van der Waals surface area contributed by atoms with Crippen molar-refractivity contribution in [3.8, 4) is 11.5 Å². The van der Waals surface area contributed by atoms with Gasteiger partial charge in [0.05, 0.1) is 10.6 Å². The molecule has 2 heterocycles. The third-order valence-corrected chi connectivity index (χ3v) is 6.06. The Hall–Kier alpha value is -2.35.